The number of hydrogen-bond acceptors (Lipinski definition) is 2. The highest BCUT2D eigenvalue weighted by Gasteiger charge is 2.33. The van der Waals surface area contributed by atoms with Crippen LogP contribution in [0.1, 0.15) is 63.4 Å². The minimum atomic E-state index is -0.185. The van der Waals surface area contributed by atoms with E-state index in [1.165, 1.54) is 30.7 Å². The Bertz CT molecular complexity index is 438. The Morgan fingerprint density at radius 1 is 1.26 bits per heavy atom. The second kappa shape index (κ2) is 5.28. The maximum Gasteiger partial charge on any atom is 0.0955 e. The van der Waals surface area contributed by atoms with Gasteiger partial charge in [-0.25, -0.2) is 4.98 Å². The molecular weight excluding hydrogens is 236 g/mol. The van der Waals surface area contributed by atoms with E-state index in [2.05, 4.69) is 23.4 Å². The Kier molecular flexibility index (Phi) is 3.66. The van der Waals surface area contributed by atoms with Crippen molar-refractivity contribution in [2.45, 2.75) is 70.9 Å². The SMILES string of the molecule is CC(C)C1CCC(O)C(n2cnc3c2CCCC3)C1. The third-order valence-electron chi connectivity index (χ3n) is 5.18. The maximum atomic E-state index is 10.4. The number of hydrogen-bond donors (Lipinski definition) is 1. The average Bonchev–Trinajstić information content (AvgIpc) is 2.83. The Morgan fingerprint density at radius 3 is 2.84 bits per heavy atom. The maximum absolute atomic E-state index is 10.4. The molecule has 0 spiro atoms. The summed E-state index contributed by atoms with van der Waals surface area (Å²) in [5, 5.41) is 10.4. The molecule has 0 saturated heterocycles. The lowest BCUT2D eigenvalue weighted by Crippen LogP contribution is -2.34. The van der Waals surface area contributed by atoms with Crippen LogP contribution in [0.5, 0.6) is 0 Å². The van der Waals surface area contributed by atoms with Crippen molar-refractivity contribution in [3.05, 3.63) is 17.7 Å². The normalized spacial score (nSPS) is 31.5. The van der Waals surface area contributed by atoms with Crippen molar-refractivity contribution in [1.82, 2.24) is 9.55 Å². The minimum Gasteiger partial charge on any atom is -0.391 e. The molecule has 0 amide bonds. The summed E-state index contributed by atoms with van der Waals surface area (Å²) < 4.78 is 2.31. The summed E-state index contributed by atoms with van der Waals surface area (Å²) in [6, 6.07) is 0.260. The van der Waals surface area contributed by atoms with E-state index in [4.69, 9.17) is 0 Å². The van der Waals surface area contributed by atoms with Gasteiger partial charge in [0.2, 0.25) is 0 Å². The number of imidazole rings is 1. The fourth-order valence-electron chi connectivity index (χ4n) is 3.84. The number of nitrogens with zero attached hydrogens (tertiary/aromatic N) is 2. The Balaban J connectivity index is 1.85. The van der Waals surface area contributed by atoms with E-state index in [0.717, 1.165) is 31.6 Å². The molecular formula is C16H26N2O. The molecule has 1 saturated carbocycles. The molecule has 0 aliphatic heterocycles. The summed E-state index contributed by atoms with van der Waals surface area (Å²) in [5.74, 6) is 1.46. The van der Waals surface area contributed by atoms with Gasteiger partial charge in [-0.2, -0.15) is 0 Å². The highest BCUT2D eigenvalue weighted by Crippen LogP contribution is 2.38. The molecule has 1 heterocycles. The molecule has 1 aromatic heterocycles. The molecule has 2 aliphatic rings. The Labute approximate surface area is 116 Å². The molecule has 3 rings (SSSR count). The summed E-state index contributed by atoms with van der Waals surface area (Å²) in [7, 11) is 0. The van der Waals surface area contributed by atoms with Gasteiger partial charge < -0.3 is 9.67 Å². The van der Waals surface area contributed by atoms with Crippen LogP contribution in [0.3, 0.4) is 0 Å². The first-order valence-electron chi connectivity index (χ1n) is 7.89. The fourth-order valence-corrected chi connectivity index (χ4v) is 3.84. The molecule has 19 heavy (non-hydrogen) atoms. The van der Waals surface area contributed by atoms with Gasteiger partial charge in [-0.3, -0.25) is 0 Å². The predicted octanol–water partition coefficient (Wildman–Crippen LogP) is 3.12. The van der Waals surface area contributed by atoms with Gasteiger partial charge in [0.05, 0.1) is 24.2 Å². The van der Waals surface area contributed by atoms with E-state index in [0.29, 0.717) is 5.92 Å². The van der Waals surface area contributed by atoms with Crippen molar-refractivity contribution in [2.24, 2.45) is 11.8 Å². The second-order valence-corrected chi connectivity index (χ2v) is 6.70. The van der Waals surface area contributed by atoms with Crippen molar-refractivity contribution >= 4 is 0 Å². The zero-order valence-corrected chi connectivity index (χ0v) is 12.2. The molecule has 0 radical (unpaired) electrons. The number of aliphatic hydroxyl groups is 1. The van der Waals surface area contributed by atoms with E-state index < -0.39 is 0 Å². The molecule has 1 N–H and O–H groups in total. The first kappa shape index (κ1) is 13.2. The third kappa shape index (κ3) is 2.45. The molecule has 3 atom stereocenters. The van der Waals surface area contributed by atoms with Crippen LogP contribution < -0.4 is 0 Å². The van der Waals surface area contributed by atoms with Crippen LogP contribution in [-0.4, -0.2) is 20.8 Å². The topological polar surface area (TPSA) is 38.0 Å². The van der Waals surface area contributed by atoms with Gasteiger partial charge in [0, 0.05) is 5.69 Å². The molecule has 1 aromatic rings. The minimum absolute atomic E-state index is 0.185. The van der Waals surface area contributed by atoms with E-state index in [9.17, 15) is 5.11 Å². The molecule has 3 nitrogen and oxygen atoms in total. The quantitative estimate of drug-likeness (QED) is 0.889. The predicted molar refractivity (Wildman–Crippen MR) is 76.1 cm³/mol. The van der Waals surface area contributed by atoms with Crippen LogP contribution >= 0.6 is 0 Å². The molecule has 3 unspecified atom stereocenters. The molecule has 0 aromatic carbocycles. The van der Waals surface area contributed by atoms with Crippen LogP contribution in [-0.2, 0) is 12.8 Å². The average molecular weight is 262 g/mol. The molecule has 3 heteroatoms. The number of aryl methyl sites for hydroxylation is 1. The van der Waals surface area contributed by atoms with Crippen LogP contribution in [0.4, 0.5) is 0 Å². The lowest BCUT2D eigenvalue weighted by Gasteiger charge is -2.37. The van der Waals surface area contributed by atoms with Crippen LogP contribution in [0.15, 0.2) is 6.33 Å². The lowest BCUT2D eigenvalue weighted by atomic mass is 9.77. The highest BCUT2D eigenvalue weighted by atomic mass is 16.3. The highest BCUT2D eigenvalue weighted by molar-refractivity contribution is 5.17. The fraction of sp³-hybridized carbons (Fsp3) is 0.812. The van der Waals surface area contributed by atoms with Gasteiger partial charge in [0.15, 0.2) is 0 Å². The summed E-state index contributed by atoms with van der Waals surface area (Å²) in [6.45, 7) is 4.62. The zero-order chi connectivity index (χ0) is 13.4. The van der Waals surface area contributed by atoms with E-state index in [1.807, 2.05) is 6.33 Å². The van der Waals surface area contributed by atoms with Gasteiger partial charge in [-0.1, -0.05) is 13.8 Å². The number of aliphatic hydroxyl groups excluding tert-OH is 1. The summed E-state index contributed by atoms with van der Waals surface area (Å²) in [5.41, 5.74) is 2.69. The van der Waals surface area contributed by atoms with Crippen molar-refractivity contribution in [3.8, 4) is 0 Å². The van der Waals surface area contributed by atoms with Gasteiger partial charge >= 0.3 is 0 Å². The second-order valence-electron chi connectivity index (χ2n) is 6.70. The molecule has 1 fully saturated rings. The Morgan fingerprint density at radius 2 is 2.05 bits per heavy atom. The molecule has 0 bridgehead atoms. The number of fused-ring (bicyclic) bond motifs is 1. The molecule has 106 valence electrons. The van der Waals surface area contributed by atoms with E-state index in [-0.39, 0.29) is 12.1 Å². The summed E-state index contributed by atoms with van der Waals surface area (Å²) >= 11 is 0. The number of rotatable bonds is 2. The summed E-state index contributed by atoms with van der Waals surface area (Å²) in [4.78, 5) is 4.59. The number of aromatic nitrogens is 2. The first-order chi connectivity index (χ1) is 9.16. The van der Waals surface area contributed by atoms with Gasteiger partial charge in [-0.05, 0) is 56.8 Å². The van der Waals surface area contributed by atoms with Gasteiger partial charge in [0.1, 0.15) is 0 Å². The van der Waals surface area contributed by atoms with E-state index in [1.54, 1.807) is 0 Å². The van der Waals surface area contributed by atoms with Crippen molar-refractivity contribution in [3.63, 3.8) is 0 Å². The van der Waals surface area contributed by atoms with Gasteiger partial charge in [-0.15, -0.1) is 0 Å². The monoisotopic (exact) mass is 262 g/mol. The van der Waals surface area contributed by atoms with Crippen LogP contribution in [0.25, 0.3) is 0 Å². The molecule has 2 aliphatic carbocycles. The standard InChI is InChI=1S/C16H26N2O/c1-11(2)12-7-8-16(19)15(9-12)18-10-17-13-5-3-4-6-14(13)18/h10-12,15-16,19H,3-9H2,1-2H3. The Hall–Kier alpha value is -0.830. The zero-order valence-electron chi connectivity index (χ0n) is 12.2. The van der Waals surface area contributed by atoms with Crippen molar-refractivity contribution in [2.75, 3.05) is 0 Å². The van der Waals surface area contributed by atoms with Crippen LogP contribution in [0, 0.1) is 11.8 Å². The smallest absolute Gasteiger partial charge is 0.0955 e. The van der Waals surface area contributed by atoms with E-state index >= 15 is 0 Å². The first-order valence-corrected chi connectivity index (χ1v) is 7.89. The van der Waals surface area contributed by atoms with Crippen molar-refractivity contribution < 1.29 is 5.11 Å². The van der Waals surface area contributed by atoms with Crippen LogP contribution in [0.2, 0.25) is 0 Å². The third-order valence-corrected chi connectivity index (χ3v) is 5.18. The van der Waals surface area contributed by atoms with Gasteiger partial charge in [0.25, 0.3) is 0 Å². The van der Waals surface area contributed by atoms with Crippen molar-refractivity contribution in [1.29, 1.82) is 0 Å². The lowest BCUT2D eigenvalue weighted by molar-refractivity contribution is 0.0424. The summed E-state index contributed by atoms with van der Waals surface area (Å²) in [6.07, 6.45) is 9.85. The largest absolute Gasteiger partial charge is 0.391 e.